The van der Waals surface area contributed by atoms with Gasteiger partial charge in [-0.15, -0.1) is 0 Å². The molecule has 0 aliphatic rings. The molecule has 0 fully saturated rings. The van der Waals surface area contributed by atoms with Gasteiger partial charge < -0.3 is 47.4 Å². The van der Waals surface area contributed by atoms with E-state index in [-0.39, 0.29) is 39.6 Å². The number of alkyl halides is 1. The Balaban J connectivity index is 0.761. The van der Waals surface area contributed by atoms with E-state index in [1.165, 1.54) is 0 Å². The molecule has 108 heavy (non-hydrogen) atoms. The molecular weight excluding hydrogens is 1420 g/mol. The molecule has 0 bridgehead atoms. The molecular formula is C89H91BrN8O10. The SMILES string of the molecule is CCCCOc1ccc(N=Nc2ccc(COc3cc(COc4cc(CBr)cc(OCc5cc(OCc6ccc(N=Nc7ccc(OCCCC)cc7)cc6)cc(OCc6ccc(N=Nc7ccc(OCCCC)cc7)cc6)c5)c4)cc(OCc4ccc(N=Nc5ccc(OCCCC)cc5)cc4)c3)cc2)cc1. The van der Waals surface area contributed by atoms with Gasteiger partial charge >= 0.3 is 0 Å². The molecule has 0 radical (unpaired) electrons. The molecule has 554 valence electrons. The van der Waals surface area contributed by atoms with Crippen LogP contribution in [-0.4, -0.2) is 26.4 Å². The minimum atomic E-state index is 0.189. The van der Waals surface area contributed by atoms with Crippen LogP contribution in [0.1, 0.15) is 118 Å². The third kappa shape index (κ3) is 26.4. The van der Waals surface area contributed by atoms with Gasteiger partial charge in [0.1, 0.15) is 97.1 Å². The fourth-order valence-electron chi connectivity index (χ4n) is 10.5. The highest BCUT2D eigenvalue weighted by Gasteiger charge is 2.13. The van der Waals surface area contributed by atoms with Crippen molar-refractivity contribution in [2.45, 2.75) is 124 Å². The molecule has 11 rings (SSSR count). The maximum Gasteiger partial charge on any atom is 0.123 e. The van der Waals surface area contributed by atoms with Crippen LogP contribution in [-0.2, 0) is 45.0 Å². The molecule has 0 N–H and O–H groups in total. The van der Waals surface area contributed by atoms with Gasteiger partial charge in [0.2, 0.25) is 0 Å². The second-order valence-corrected chi connectivity index (χ2v) is 26.1. The van der Waals surface area contributed by atoms with Crippen LogP contribution >= 0.6 is 15.9 Å². The Morgan fingerprint density at radius 2 is 0.370 bits per heavy atom. The highest BCUT2D eigenvalue weighted by molar-refractivity contribution is 9.08. The van der Waals surface area contributed by atoms with Gasteiger partial charge in [-0.1, -0.05) is 118 Å². The van der Waals surface area contributed by atoms with Crippen LogP contribution in [0.5, 0.6) is 57.5 Å². The van der Waals surface area contributed by atoms with Gasteiger partial charge in [-0.2, -0.15) is 40.9 Å². The number of hydrogen-bond acceptors (Lipinski definition) is 18. The summed E-state index contributed by atoms with van der Waals surface area (Å²) in [5.74, 6) is 6.89. The zero-order chi connectivity index (χ0) is 74.6. The van der Waals surface area contributed by atoms with Gasteiger partial charge in [0.15, 0.2) is 0 Å². The minimum Gasteiger partial charge on any atom is -0.494 e. The van der Waals surface area contributed by atoms with Gasteiger partial charge in [0, 0.05) is 23.5 Å². The maximum absolute atomic E-state index is 6.62. The number of rotatable bonds is 43. The van der Waals surface area contributed by atoms with Gasteiger partial charge in [0.05, 0.1) is 71.9 Å². The summed E-state index contributed by atoms with van der Waals surface area (Å²) in [6.07, 6.45) is 8.34. The van der Waals surface area contributed by atoms with Crippen molar-refractivity contribution in [1.82, 2.24) is 0 Å². The standard InChI is InChI=1S/C89H91BrN8O10/c1-5-9-45-99-80-37-29-76(30-38-80)95-91-72-21-13-65(14-22-72)59-103-86-51-70(52-87(56-86)104-60-66-15-23-73(24-16-66)92-96-77-31-39-81(40-32-77)100-46-10-6-2)63-107-84-49-69(58-90)50-85(55-84)108-64-71-53-88(105-61-67-17-25-74(26-18-67)93-97-78-33-41-82(42-34-78)101-47-11-7-3)57-89(54-71)106-62-68-19-27-75(28-20-68)94-98-79-35-43-83(44-36-79)102-48-12-8-4/h13-44,49-57H,5-12,45-48,58-64H2,1-4H3. The number of unbranched alkanes of at least 4 members (excludes halogenated alkanes) is 4. The Kier molecular flexibility index (Phi) is 30.4. The minimum absolute atomic E-state index is 0.189. The van der Waals surface area contributed by atoms with Crippen molar-refractivity contribution in [2.24, 2.45) is 40.9 Å². The Morgan fingerprint density at radius 1 is 0.194 bits per heavy atom. The van der Waals surface area contributed by atoms with Crippen LogP contribution in [0.3, 0.4) is 0 Å². The fourth-order valence-corrected chi connectivity index (χ4v) is 10.8. The number of hydrogen-bond donors (Lipinski definition) is 0. The van der Waals surface area contributed by atoms with Crippen LogP contribution in [0.15, 0.2) is 290 Å². The molecule has 0 aromatic heterocycles. The molecule has 0 spiro atoms. The van der Waals surface area contributed by atoms with Gasteiger partial charge in [-0.25, -0.2) is 0 Å². The molecule has 11 aromatic carbocycles. The Labute approximate surface area is 641 Å². The second kappa shape index (κ2) is 42.4. The molecule has 19 heteroatoms. The molecule has 0 aliphatic heterocycles. The largest absolute Gasteiger partial charge is 0.494 e. The van der Waals surface area contributed by atoms with E-state index in [0.717, 1.165) is 136 Å². The zero-order valence-electron chi connectivity index (χ0n) is 61.6. The van der Waals surface area contributed by atoms with Crippen molar-refractivity contribution in [2.75, 3.05) is 26.4 Å². The lowest BCUT2D eigenvalue weighted by molar-refractivity contribution is 0.276. The predicted octanol–water partition coefficient (Wildman–Crippen LogP) is 26.4. The Bertz CT molecular complexity index is 4090. The third-order valence-corrected chi connectivity index (χ3v) is 17.3. The number of ether oxygens (including phenoxy) is 10. The average molecular weight is 1510 g/mol. The molecule has 0 heterocycles. The van der Waals surface area contributed by atoms with Crippen LogP contribution in [0.2, 0.25) is 0 Å². The summed E-state index contributed by atoms with van der Waals surface area (Å²) in [5, 5.41) is 36.2. The molecule has 11 aromatic rings. The van der Waals surface area contributed by atoms with E-state index in [1.807, 2.05) is 249 Å². The lowest BCUT2D eigenvalue weighted by Gasteiger charge is -2.15. The Hall–Kier alpha value is -11.7. The number of nitrogens with zero attached hydrogens (tertiary/aromatic N) is 8. The Morgan fingerprint density at radius 3 is 0.556 bits per heavy atom. The van der Waals surface area contributed by atoms with Crippen molar-refractivity contribution >= 4 is 61.4 Å². The molecule has 0 amide bonds. The number of azo groups is 4. The van der Waals surface area contributed by atoms with E-state index < -0.39 is 0 Å². The van der Waals surface area contributed by atoms with E-state index in [4.69, 9.17) is 47.4 Å². The number of benzene rings is 11. The summed E-state index contributed by atoms with van der Waals surface area (Å²) in [6, 6.07) is 79.2. The first-order chi connectivity index (χ1) is 53.2. The predicted molar refractivity (Wildman–Crippen MR) is 428 cm³/mol. The van der Waals surface area contributed by atoms with Crippen molar-refractivity contribution < 1.29 is 47.4 Å². The summed E-state index contributed by atoms with van der Waals surface area (Å²) in [7, 11) is 0. The van der Waals surface area contributed by atoms with Crippen molar-refractivity contribution in [3.63, 3.8) is 0 Å². The van der Waals surface area contributed by atoms with Crippen molar-refractivity contribution in [3.8, 4) is 57.5 Å². The van der Waals surface area contributed by atoms with Crippen LogP contribution in [0, 0.1) is 0 Å². The lowest BCUT2D eigenvalue weighted by Crippen LogP contribution is -2.03. The average Bonchev–Trinajstić information content (AvgIpc) is 0.846. The zero-order valence-corrected chi connectivity index (χ0v) is 63.2. The van der Waals surface area contributed by atoms with Crippen molar-refractivity contribution in [1.29, 1.82) is 0 Å². The first-order valence-corrected chi connectivity index (χ1v) is 38.0. The molecule has 0 unspecified atom stereocenters. The van der Waals surface area contributed by atoms with E-state index >= 15 is 0 Å². The van der Waals surface area contributed by atoms with Crippen LogP contribution < -0.4 is 47.4 Å². The summed E-state index contributed by atoms with van der Waals surface area (Å²) >= 11 is 3.70. The summed E-state index contributed by atoms with van der Waals surface area (Å²) in [6.45, 7) is 12.8. The normalized spacial score (nSPS) is 11.4. The quantitative estimate of drug-likeness (QED) is 0.0202. The highest BCUT2D eigenvalue weighted by Crippen LogP contribution is 2.34. The lowest BCUT2D eigenvalue weighted by atomic mass is 10.2. The summed E-state index contributed by atoms with van der Waals surface area (Å²) < 4.78 is 62.5. The monoisotopic (exact) mass is 1510 g/mol. The fraction of sp³-hybridized carbons (Fsp3) is 0.258. The first kappa shape index (κ1) is 77.4. The molecule has 18 nitrogen and oxygen atoms in total. The van der Waals surface area contributed by atoms with Gasteiger partial charge in [-0.3, -0.25) is 0 Å². The van der Waals surface area contributed by atoms with Crippen molar-refractivity contribution in [3.05, 3.63) is 288 Å². The van der Waals surface area contributed by atoms with E-state index in [0.29, 0.717) is 89.0 Å². The molecule has 0 aliphatic carbocycles. The van der Waals surface area contributed by atoms with Crippen LogP contribution in [0.25, 0.3) is 0 Å². The highest BCUT2D eigenvalue weighted by atomic mass is 79.9. The summed E-state index contributed by atoms with van der Waals surface area (Å²) in [4.78, 5) is 0. The first-order valence-electron chi connectivity index (χ1n) is 36.9. The number of halogens is 1. The smallest absolute Gasteiger partial charge is 0.123 e. The van der Waals surface area contributed by atoms with Gasteiger partial charge in [0.25, 0.3) is 0 Å². The molecule has 0 saturated heterocycles. The third-order valence-electron chi connectivity index (χ3n) is 16.7. The second-order valence-electron chi connectivity index (χ2n) is 25.6. The maximum atomic E-state index is 6.62. The summed E-state index contributed by atoms with van der Waals surface area (Å²) in [5.41, 5.74) is 12.2. The topological polar surface area (TPSA) is 191 Å². The molecule has 0 saturated carbocycles. The van der Waals surface area contributed by atoms with Crippen LogP contribution in [0.4, 0.5) is 45.5 Å². The molecule has 0 atom stereocenters. The van der Waals surface area contributed by atoms with E-state index in [1.54, 1.807) is 0 Å². The van der Waals surface area contributed by atoms with Gasteiger partial charge in [-0.05, 0) is 247 Å². The van der Waals surface area contributed by atoms with E-state index in [9.17, 15) is 0 Å². The van der Waals surface area contributed by atoms with E-state index in [2.05, 4.69) is 84.5 Å².